The summed E-state index contributed by atoms with van der Waals surface area (Å²) in [6.07, 6.45) is 11.3. The average Bonchev–Trinajstić information content (AvgIpc) is 2.64. The van der Waals surface area contributed by atoms with Crippen molar-refractivity contribution >= 4 is 11.0 Å². The van der Waals surface area contributed by atoms with E-state index in [2.05, 4.69) is 35.5 Å². The highest BCUT2D eigenvalue weighted by Gasteiger charge is 2.27. The topological polar surface area (TPSA) is 20.3 Å². The summed E-state index contributed by atoms with van der Waals surface area (Å²) in [7, 11) is 1.21. The van der Waals surface area contributed by atoms with Crippen LogP contribution in [-0.2, 0) is 23.8 Å². The van der Waals surface area contributed by atoms with Gasteiger partial charge in [0.25, 0.3) is 0 Å². The third kappa shape index (κ3) is 6.53. The fourth-order valence-electron chi connectivity index (χ4n) is 3.90. The zero-order chi connectivity index (χ0) is 18.2. The van der Waals surface area contributed by atoms with Gasteiger partial charge in [-0.1, -0.05) is 37.6 Å². The van der Waals surface area contributed by atoms with Gasteiger partial charge in [0.2, 0.25) is 0 Å². The molecule has 1 fully saturated rings. The first-order valence-electron chi connectivity index (χ1n) is 10.2. The molecule has 0 heterocycles. The summed E-state index contributed by atoms with van der Waals surface area (Å²) in [5, 5.41) is 0.225. The molecule has 1 aliphatic rings. The molecule has 1 saturated carbocycles. The second kappa shape index (κ2) is 10.5. The average molecular weight is 364 g/mol. The molecule has 1 aromatic carbocycles. The summed E-state index contributed by atoms with van der Waals surface area (Å²) in [6, 6.07) is 9.81. The number of hydrogen-bond donors (Lipinski definition) is 0. The Morgan fingerprint density at radius 2 is 1.60 bits per heavy atom. The van der Waals surface area contributed by atoms with E-state index in [9.17, 15) is 4.21 Å². The van der Waals surface area contributed by atoms with Gasteiger partial charge in [-0.25, -0.2) is 8.51 Å². The van der Waals surface area contributed by atoms with Crippen molar-refractivity contribution in [2.45, 2.75) is 89.9 Å². The van der Waals surface area contributed by atoms with Crippen LogP contribution in [0.15, 0.2) is 24.3 Å². The Bertz CT molecular complexity index is 517. The predicted octanol–water partition coefficient (Wildman–Crippen LogP) is 5.52. The van der Waals surface area contributed by atoms with Crippen LogP contribution in [0.25, 0.3) is 0 Å². The second-order valence-corrected chi connectivity index (χ2v) is 10.1. The molecule has 2 nitrogen and oxygen atoms in total. The Hall–Kier alpha value is -0.670. The Morgan fingerprint density at radius 3 is 2.12 bits per heavy atom. The highest BCUT2D eigenvalue weighted by atomic mass is 32.2. The molecule has 0 aromatic heterocycles. The molecule has 0 saturated heterocycles. The number of hydrogen-bond acceptors (Lipinski definition) is 1. The first-order valence-corrected chi connectivity index (χ1v) is 11.4. The number of aryl methyl sites for hydroxylation is 2. The monoisotopic (exact) mass is 363 g/mol. The lowest BCUT2D eigenvalue weighted by atomic mass is 9.82. The van der Waals surface area contributed by atoms with Crippen molar-refractivity contribution in [3.05, 3.63) is 35.4 Å². The maximum absolute atomic E-state index is 12.3. The summed E-state index contributed by atoms with van der Waals surface area (Å²) < 4.78 is 14.4. The molecule has 0 bridgehead atoms. The molecule has 1 unspecified atom stereocenters. The van der Waals surface area contributed by atoms with Gasteiger partial charge in [-0.3, -0.25) is 0 Å². The zero-order valence-corrected chi connectivity index (χ0v) is 17.5. The maximum atomic E-state index is 12.3. The van der Waals surface area contributed by atoms with Crippen LogP contribution in [-0.4, -0.2) is 26.9 Å². The fraction of sp³-hybridized carbons (Fsp3) is 0.727. The third-order valence-corrected chi connectivity index (χ3v) is 7.37. The van der Waals surface area contributed by atoms with Crippen molar-refractivity contribution in [2.75, 3.05) is 7.05 Å². The van der Waals surface area contributed by atoms with Gasteiger partial charge >= 0.3 is 0 Å². The summed E-state index contributed by atoms with van der Waals surface area (Å²) in [4.78, 5) is 0. The van der Waals surface area contributed by atoms with E-state index in [1.54, 1.807) is 0 Å². The van der Waals surface area contributed by atoms with Gasteiger partial charge in [0.05, 0.1) is 11.0 Å². The van der Waals surface area contributed by atoms with E-state index in [-0.39, 0.29) is 5.25 Å². The minimum atomic E-state index is -0.830. The normalized spacial score (nSPS) is 22.5. The molecule has 1 aromatic rings. The number of benzene rings is 1. The molecule has 0 aliphatic heterocycles. The van der Waals surface area contributed by atoms with Crippen LogP contribution in [0.2, 0.25) is 0 Å². The zero-order valence-electron chi connectivity index (χ0n) is 16.7. The van der Waals surface area contributed by atoms with E-state index < -0.39 is 11.0 Å². The molecule has 0 amide bonds. The molecule has 25 heavy (non-hydrogen) atoms. The summed E-state index contributed by atoms with van der Waals surface area (Å²) in [5.74, 6) is 0.844. The highest BCUT2D eigenvalue weighted by Crippen LogP contribution is 2.31. The van der Waals surface area contributed by atoms with Gasteiger partial charge in [-0.2, -0.15) is 0 Å². The quantitative estimate of drug-likeness (QED) is 0.565. The van der Waals surface area contributed by atoms with Crippen LogP contribution in [0.1, 0.15) is 76.8 Å². The van der Waals surface area contributed by atoms with Gasteiger partial charge in [0.15, 0.2) is 0 Å². The SMILES string of the molecule is CCCCc1ccc(CCC2CCC(N(C)S(=O)C(C)C)CC2)cc1. The molecular weight excluding hydrogens is 326 g/mol. The van der Waals surface area contributed by atoms with Crippen LogP contribution in [0.3, 0.4) is 0 Å². The Kier molecular flexibility index (Phi) is 8.65. The van der Waals surface area contributed by atoms with Gasteiger partial charge in [-0.15, -0.1) is 0 Å². The first-order chi connectivity index (χ1) is 12.0. The fourth-order valence-corrected chi connectivity index (χ4v) is 5.07. The summed E-state index contributed by atoms with van der Waals surface area (Å²) in [6.45, 7) is 6.35. The lowest BCUT2D eigenvalue weighted by molar-refractivity contribution is 0.234. The third-order valence-electron chi connectivity index (χ3n) is 5.70. The van der Waals surface area contributed by atoms with Crippen LogP contribution in [0.5, 0.6) is 0 Å². The molecule has 0 spiro atoms. The van der Waals surface area contributed by atoms with E-state index in [1.165, 1.54) is 68.9 Å². The van der Waals surface area contributed by atoms with Crippen molar-refractivity contribution in [3.8, 4) is 0 Å². The van der Waals surface area contributed by atoms with Gasteiger partial charge < -0.3 is 0 Å². The van der Waals surface area contributed by atoms with Gasteiger partial charge in [0, 0.05) is 18.3 Å². The molecule has 142 valence electrons. The number of nitrogens with zero attached hydrogens (tertiary/aromatic N) is 1. The van der Waals surface area contributed by atoms with Crippen molar-refractivity contribution in [1.29, 1.82) is 0 Å². The molecule has 1 aliphatic carbocycles. The maximum Gasteiger partial charge on any atom is 0.0968 e. The van der Waals surface area contributed by atoms with Crippen LogP contribution in [0, 0.1) is 5.92 Å². The largest absolute Gasteiger partial charge is 0.242 e. The smallest absolute Gasteiger partial charge is 0.0968 e. The number of unbranched alkanes of at least 4 members (excludes halogenated alkanes) is 1. The van der Waals surface area contributed by atoms with Crippen molar-refractivity contribution in [2.24, 2.45) is 5.92 Å². The molecule has 2 rings (SSSR count). The molecule has 0 N–H and O–H groups in total. The summed E-state index contributed by atoms with van der Waals surface area (Å²) in [5.41, 5.74) is 2.97. The van der Waals surface area contributed by atoms with Crippen LogP contribution >= 0.6 is 0 Å². The second-order valence-electron chi connectivity index (χ2n) is 8.00. The van der Waals surface area contributed by atoms with Crippen molar-refractivity contribution in [3.63, 3.8) is 0 Å². The standard InChI is InChI=1S/C22H37NOS/c1-5-6-7-19-8-10-20(11-9-19)12-13-21-14-16-22(17-15-21)23(4)25(24)18(2)3/h8-11,18,21-22H,5-7,12-17H2,1-4H3. The van der Waals surface area contributed by atoms with E-state index in [4.69, 9.17) is 0 Å². The van der Waals surface area contributed by atoms with E-state index in [0.29, 0.717) is 6.04 Å². The van der Waals surface area contributed by atoms with Crippen LogP contribution < -0.4 is 0 Å². The Labute approximate surface area is 158 Å². The van der Waals surface area contributed by atoms with Crippen molar-refractivity contribution < 1.29 is 4.21 Å². The Balaban J connectivity index is 1.72. The van der Waals surface area contributed by atoms with E-state index >= 15 is 0 Å². The minimum absolute atomic E-state index is 0.225. The van der Waals surface area contributed by atoms with E-state index in [0.717, 1.165) is 5.92 Å². The molecule has 3 heteroatoms. The Morgan fingerprint density at radius 1 is 1.04 bits per heavy atom. The minimum Gasteiger partial charge on any atom is -0.242 e. The predicted molar refractivity (Wildman–Crippen MR) is 110 cm³/mol. The van der Waals surface area contributed by atoms with Gasteiger partial charge in [0.1, 0.15) is 0 Å². The summed E-state index contributed by atoms with van der Waals surface area (Å²) >= 11 is 0. The highest BCUT2D eigenvalue weighted by molar-refractivity contribution is 7.83. The lowest BCUT2D eigenvalue weighted by Crippen LogP contribution is -2.39. The first kappa shape index (κ1) is 20.6. The molecule has 1 atom stereocenters. The van der Waals surface area contributed by atoms with Crippen LogP contribution in [0.4, 0.5) is 0 Å². The van der Waals surface area contributed by atoms with Gasteiger partial charge in [-0.05, 0) is 82.3 Å². The lowest BCUT2D eigenvalue weighted by Gasteiger charge is -2.34. The number of rotatable bonds is 9. The van der Waals surface area contributed by atoms with Crippen molar-refractivity contribution in [1.82, 2.24) is 4.31 Å². The molecule has 0 radical (unpaired) electrons. The molecular formula is C22H37NOS. The van der Waals surface area contributed by atoms with E-state index in [1.807, 2.05) is 20.9 Å².